The lowest BCUT2D eigenvalue weighted by Crippen LogP contribution is -2.51. The van der Waals surface area contributed by atoms with Gasteiger partial charge in [0.2, 0.25) is 0 Å². The second-order valence-electron chi connectivity index (χ2n) is 9.37. The summed E-state index contributed by atoms with van der Waals surface area (Å²) in [5.74, 6) is 0. The summed E-state index contributed by atoms with van der Waals surface area (Å²) in [6.45, 7) is 3.89. The van der Waals surface area contributed by atoms with E-state index in [2.05, 4.69) is 10.2 Å². The highest BCUT2D eigenvalue weighted by molar-refractivity contribution is 6.58. The first kappa shape index (κ1) is 21.5. The Hall–Kier alpha value is -4.01. The van der Waals surface area contributed by atoms with Gasteiger partial charge < -0.3 is 17.6 Å². The van der Waals surface area contributed by atoms with Crippen molar-refractivity contribution in [3.63, 3.8) is 0 Å². The third-order valence-corrected chi connectivity index (χ3v) is 6.92. The summed E-state index contributed by atoms with van der Waals surface area (Å²) in [6.07, 6.45) is 9.28. The number of rotatable bonds is 4. The Bertz CT molecular complexity index is 1570. The first-order valence-electron chi connectivity index (χ1n) is 11.6. The zero-order valence-corrected chi connectivity index (χ0v) is 20.1. The van der Waals surface area contributed by atoms with E-state index < -0.39 is 6.97 Å². The molecule has 4 aromatic rings. The summed E-state index contributed by atoms with van der Waals surface area (Å²) in [5.41, 5.74) is 7.79. The molecule has 0 amide bonds. The molecule has 0 atom stereocenters. The normalized spacial score (nSPS) is 16.6. The molecule has 0 N–H and O–H groups in total. The number of allylic oxidation sites excluding steroid dienone is 2. The third kappa shape index (κ3) is 3.18. The number of halogens is 2. The summed E-state index contributed by atoms with van der Waals surface area (Å²) in [4.78, 5) is 0. The Morgan fingerprint density at radius 1 is 0.943 bits per heavy atom. The molecule has 6 nitrogen and oxygen atoms in total. The monoisotopic (exact) mass is 470 g/mol. The molecule has 176 valence electrons. The van der Waals surface area contributed by atoms with Crippen LogP contribution in [-0.2, 0) is 6.67 Å². The minimum absolute atomic E-state index is 0.532. The van der Waals surface area contributed by atoms with Gasteiger partial charge in [-0.05, 0) is 55.3 Å². The molecule has 9 heteroatoms. The zero-order chi connectivity index (χ0) is 24.5. The average molecular weight is 470 g/mol. The van der Waals surface area contributed by atoms with Crippen LogP contribution in [0.1, 0.15) is 36.4 Å². The van der Waals surface area contributed by atoms with Crippen LogP contribution in [0.15, 0.2) is 78.5 Å². The van der Waals surface area contributed by atoms with Crippen molar-refractivity contribution in [2.24, 2.45) is 0 Å². The fourth-order valence-electron chi connectivity index (χ4n) is 5.52. The molecular formula is C26H25BF2N6. The standard InChI is InChI=1S/C26H25BF2N6/c1-17-12-19(3)34-25(17)24(26-18(2)13-20(4)35(26)27(34,28)29)22-8-6-21(7-9-22)23-14-31-33(15-23)16-32-11-5-10-30-32/h5-15H,16H2,1-4H3. The number of hydrogen-bond donors (Lipinski definition) is 0. The molecule has 2 aliphatic rings. The van der Waals surface area contributed by atoms with Gasteiger partial charge in [0.25, 0.3) is 0 Å². The van der Waals surface area contributed by atoms with Gasteiger partial charge in [-0.3, -0.25) is 9.36 Å². The zero-order valence-electron chi connectivity index (χ0n) is 20.1. The van der Waals surface area contributed by atoms with Crippen molar-refractivity contribution in [1.29, 1.82) is 0 Å². The van der Waals surface area contributed by atoms with Crippen LogP contribution in [-0.4, -0.2) is 41.2 Å². The van der Waals surface area contributed by atoms with Crippen molar-refractivity contribution in [3.05, 3.63) is 101 Å². The van der Waals surface area contributed by atoms with E-state index in [0.717, 1.165) is 33.4 Å². The fourth-order valence-corrected chi connectivity index (χ4v) is 5.52. The lowest BCUT2D eigenvalue weighted by Gasteiger charge is -2.34. The topological polar surface area (TPSA) is 43.6 Å². The SMILES string of the molecule is CC1=CC(C)=[N+]2C1=C(c1ccc(-c3cnn(Cn4cccn4)c3)cc1)c1c(C)cc(C)n1[B-]2(F)F. The van der Waals surface area contributed by atoms with Crippen molar-refractivity contribution >= 4 is 18.3 Å². The number of aromatic nitrogens is 5. The third-order valence-electron chi connectivity index (χ3n) is 6.92. The van der Waals surface area contributed by atoms with E-state index in [1.54, 1.807) is 24.7 Å². The van der Waals surface area contributed by atoms with Crippen LogP contribution in [0.25, 0.3) is 16.7 Å². The molecule has 35 heavy (non-hydrogen) atoms. The molecule has 0 aliphatic carbocycles. The van der Waals surface area contributed by atoms with E-state index in [1.165, 1.54) is 8.96 Å². The molecule has 0 bridgehead atoms. The highest BCUT2D eigenvalue weighted by atomic mass is 19.2. The molecule has 0 unspecified atom stereocenters. The molecule has 0 radical (unpaired) electrons. The lowest BCUT2D eigenvalue weighted by molar-refractivity contribution is -0.363. The average Bonchev–Trinajstić information content (AvgIpc) is 3.59. The lowest BCUT2D eigenvalue weighted by atomic mass is 9.83. The number of benzene rings is 1. The second-order valence-corrected chi connectivity index (χ2v) is 9.37. The first-order valence-corrected chi connectivity index (χ1v) is 11.6. The highest BCUT2D eigenvalue weighted by Crippen LogP contribution is 2.44. The van der Waals surface area contributed by atoms with Crippen LogP contribution in [0, 0.1) is 13.8 Å². The number of hydrogen-bond acceptors (Lipinski definition) is 2. The summed E-state index contributed by atoms with van der Waals surface area (Å²) < 4.78 is 37.7. The van der Waals surface area contributed by atoms with E-state index in [0.29, 0.717) is 29.5 Å². The Kier molecular flexibility index (Phi) is 4.61. The van der Waals surface area contributed by atoms with Gasteiger partial charge >= 0.3 is 6.97 Å². The van der Waals surface area contributed by atoms with Crippen molar-refractivity contribution in [2.45, 2.75) is 34.4 Å². The molecule has 0 spiro atoms. The van der Waals surface area contributed by atoms with Gasteiger partial charge in [-0.15, -0.1) is 0 Å². The minimum Gasteiger partial charge on any atom is -0.393 e. The molecule has 2 aliphatic heterocycles. The van der Waals surface area contributed by atoms with Crippen molar-refractivity contribution in [1.82, 2.24) is 24.0 Å². The highest BCUT2D eigenvalue weighted by Gasteiger charge is 2.55. The largest absolute Gasteiger partial charge is 0.737 e. The predicted octanol–water partition coefficient (Wildman–Crippen LogP) is 5.10. The smallest absolute Gasteiger partial charge is 0.393 e. The summed E-state index contributed by atoms with van der Waals surface area (Å²) in [6, 6.07) is 11.8. The fraction of sp³-hybridized carbons (Fsp3) is 0.192. The summed E-state index contributed by atoms with van der Waals surface area (Å²) in [5, 5.41) is 8.67. The van der Waals surface area contributed by atoms with Crippen LogP contribution in [0.5, 0.6) is 0 Å². The second kappa shape index (κ2) is 7.50. The van der Waals surface area contributed by atoms with Gasteiger partial charge in [0.15, 0.2) is 5.70 Å². The van der Waals surface area contributed by atoms with E-state index in [9.17, 15) is 0 Å². The van der Waals surface area contributed by atoms with Crippen molar-refractivity contribution in [3.8, 4) is 11.1 Å². The van der Waals surface area contributed by atoms with Crippen LogP contribution >= 0.6 is 0 Å². The molecule has 3 aromatic heterocycles. The molecular weight excluding hydrogens is 445 g/mol. The number of fused-ring (bicyclic) bond motifs is 2. The van der Waals surface area contributed by atoms with E-state index >= 15 is 8.63 Å². The quantitative estimate of drug-likeness (QED) is 0.390. The van der Waals surface area contributed by atoms with Crippen molar-refractivity contribution in [2.75, 3.05) is 0 Å². The Labute approximate surface area is 202 Å². The van der Waals surface area contributed by atoms with Crippen molar-refractivity contribution < 1.29 is 13.1 Å². The summed E-state index contributed by atoms with van der Waals surface area (Å²) >= 11 is 0. The van der Waals surface area contributed by atoms with Crippen LogP contribution in [0.2, 0.25) is 0 Å². The van der Waals surface area contributed by atoms with Crippen LogP contribution in [0.4, 0.5) is 8.63 Å². The van der Waals surface area contributed by atoms with E-state index in [-0.39, 0.29) is 0 Å². The van der Waals surface area contributed by atoms with Crippen LogP contribution in [0.3, 0.4) is 0 Å². The molecule has 1 aromatic carbocycles. The molecule has 5 heterocycles. The summed E-state index contributed by atoms with van der Waals surface area (Å²) in [7, 11) is 0. The van der Waals surface area contributed by atoms with Crippen LogP contribution < -0.4 is 0 Å². The van der Waals surface area contributed by atoms with Gasteiger partial charge in [-0.1, -0.05) is 24.3 Å². The first-order chi connectivity index (χ1) is 16.8. The Morgan fingerprint density at radius 3 is 2.40 bits per heavy atom. The number of nitrogens with zero attached hydrogens (tertiary/aromatic N) is 6. The Morgan fingerprint density at radius 2 is 1.69 bits per heavy atom. The minimum atomic E-state index is -3.97. The van der Waals surface area contributed by atoms with Gasteiger partial charge in [0.1, 0.15) is 12.4 Å². The molecule has 0 saturated heterocycles. The van der Waals surface area contributed by atoms with Gasteiger partial charge in [0.05, 0.1) is 11.8 Å². The Balaban J connectivity index is 1.44. The van der Waals surface area contributed by atoms with Gasteiger partial charge in [-0.2, -0.15) is 10.2 Å². The van der Waals surface area contributed by atoms with Gasteiger partial charge in [0, 0.05) is 48.4 Å². The van der Waals surface area contributed by atoms with E-state index in [1.807, 2.05) is 79.6 Å². The predicted molar refractivity (Wildman–Crippen MR) is 133 cm³/mol. The maximum atomic E-state index is 15.8. The number of aryl methyl sites for hydroxylation is 2. The van der Waals surface area contributed by atoms with E-state index in [4.69, 9.17) is 0 Å². The van der Waals surface area contributed by atoms with Gasteiger partial charge in [-0.25, -0.2) is 0 Å². The molecule has 0 fully saturated rings. The molecule has 0 saturated carbocycles. The maximum Gasteiger partial charge on any atom is 0.737 e. The molecule has 6 rings (SSSR count). The maximum absolute atomic E-state index is 15.8.